The minimum Gasteiger partial charge on any atom is -0.496 e. The van der Waals surface area contributed by atoms with Crippen molar-refractivity contribution in [2.45, 2.75) is 0 Å². The van der Waals surface area contributed by atoms with Crippen LogP contribution in [0.5, 0.6) is 5.75 Å². The number of carbonyl (C=O) groups excluding carboxylic acids is 1. The molecule has 126 valence electrons. The molecule has 0 N–H and O–H groups in total. The van der Waals surface area contributed by atoms with Gasteiger partial charge >= 0.3 is 0 Å². The van der Waals surface area contributed by atoms with E-state index in [9.17, 15) is 4.79 Å². The summed E-state index contributed by atoms with van der Waals surface area (Å²) in [6, 6.07) is 12.9. The molecule has 0 atom stereocenters. The predicted molar refractivity (Wildman–Crippen MR) is 97.6 cm³/mol. The van der Waals surface area contributed by atoms with Gasteiger partial charge in [0.25, 0.3) is 5.91 Å². The van der Waals surface area contributed by atoms with Crippen molar-refractivity contribution < 1.29 is 9.53 Å². The zero-order valence-corrected chi connectivity index (χ0v) is 14.8. The minimum atomic E-state index is -0.0619. The Morgan fingerprint density at radius 1 is 1.04 bits per heavy atom. The fourth-order valence-corrected chi connectivity index (χ4v) is 3.30. The first-order valence-corrected chi connectivity index (χ1v) is 8.48. The van der Waals surface area contributed by atoms with Gasteiger partial charge in [0.15, 0.2) is 0 Å². The number of anilines is 1. The van der Waals surface area contributed by atoms with E-state index in [2.05, 4.69) is 4.90 Å². The number of benzene rings is 2. The summed E-state index contributed by atoms with van der Waals surface area (Å²) in [6.07, 6.45) is 0. The molecular formula is C18H18Cl2N2O2. The average Bonchev–Trinajstić information content (AvgIpc) is 2.62. The van der Waals surface area contributed by atoms with Gasteiger partial charge in [0, 0.05) is 31.2 Å². The third-order valence-corrected chi connectivity index (χ3v) is 4.71. The minimum absolute atomic E-state index is 0.0619. The number of rotatable bonds is 3. The van der Waals surface area contributed by atoms with Crippen molar-refractivity contribution in [1.82, 2.24) is 4.90 Å². The van der Waals surface area contributed by atoms with Crippen LogP contribution in [0.15, 0.2) is 42.5 Å². The van der Waals surface area contributed by atoms with Gasteiger partial charge in [0.05, 0.1) is 23.4 Å². The number of methoxy groups -OCH3 is 1. The topological polar surface area (TPSA) is 32.8 Å². The fraction of sp³-hybridized carbons (Fsp3) is 0.278. The Bertz CT molecular complexity index is 744. The number of hydrogen-bond acceptors (Lipinski definition) is 3. The highest BCUT2D eigenvalue weighted by atomic mass is 35.5. The van der Waals surface area contributed by atoms with Crippen molar-refractivity contribution in [3.8, 4) is 5.75 Å². The van der Waals surface area contributed by atoms with E-state index in [1.54, 1.807) is 25.3 Å². The standard InChI is InChI=1S/C18H18Cl2N2O2/c1-24-17-7-6-13(19)12-14(17)18(23)22-10-8-21(9-11-22)16-5-3-2-4-15(16)20/h2-7,12H,8-11H2,1H3. The molecule has 3 rings (SSSR count). The molecule has 24 heavy (non-hydrogen) atoms. The maximum absolute atomic E-state index is 12.8. The van der Waals surface area contributed by atoms with Crippen LogP contribution in [0, 0.1) is 0 Å². The molecule has 0 saturated carbocycles. The van der Waals surface area contributed by atoms with Gasteiger partial charge in [-0.15, -0.1) is 0 Å². The maximum atomic E-state index is 12.8. The van der Waals surface area contributed by atoms with Gasteiger partial charge in [-0.25, -0.2) is 0 Å². The molecule has 0 spiro atoms. The highest BCUT2D eigenvalue weighted by Gasteiger charge is 2.25. The summed E-state index contributed by atoms with van der Waals surface area (Å²) in [4.78, 5) is 16.8. The number of nitrogens with zero attached hydrogens (tertiary/aromatic N) is 2. The quantitative estimate of drug-likeness (QED) is 0.825. The maximum Gasteiger partial charge on any atom is 0.257 e. The lowest BCUT2D eigenvalue weighted by Crippen LogP contribution is -2.49. The molecule has 2 aromatic rings. The lowest BCUT2D eigenvalue weighted by molar-refractivity contribution is 0.0743. The zero-order chi connectivity index (χ0) is 17.1. The normalized spacial score (nSPS) is 14.6. The van der Waals surface area contributed by atoms with Crippen molar-refractivity contribution in [1.29, 1.82) is 0 Å². The molecule has 0 unspecified atom stereocenters. The van der Waals surface area contributed by atoms with Gasteiger partial charge in [-0.05, 0) is 30.3 Å². The van der Waals surface area contributed by atoms with E-state index in [0.29, 0.717) is 29.4 Å². The fourth-order valence-electron chi connectivity index (χ4n) is 2.88. The molecule has 1 fully saturated rings. The number of para-hydroxylation sites is 1. The summed E-state index contributed by atoms with van der Waals surface area (Å²) in [7, 11) is 1.55. The van der Waals surface area contributed by atoms with Crippen LogP contribution in [-0.4, -0.2) is 44.1 Å². The molecule has 1 aliphatic heterocycles. The third-order valence-electron chi connectivity index (χ3n) is 4.15. The molecule has 0 radical (unpaired) electrons. The van der Waals surface area contributed by atoms with Crippen molar-refractivity contribution in [2.75, 3.05) is 38.2 Å². The van der Waals surface area contributed by atoms with Crippen LogP contribution in [0.4, 0.5) is 5.69 Å². The van der Waals surface area contributed by atoms with E-state index in [1.165, 1.54) is 0 Å². The van der Waals surface area contributed by atoms with Gasteiger partial charge < -0.3 is 14.5 Å². The number of hydrogen-bond donors (Lipinski definition) is 0. The summed E-state index contributed by atoms with van der Waals surface area (Å²) in [5.41, 5.74) is 1.50. The second-order valence-electron chi connectivity index (χ2n) is 5.58. The van der Waals surface area contributed by atoms with Crippen LogP contribution in [-0.2, 0) is 0 Å². The summed E-state index contributed by atoms with van der Waals surface area (Å²) in [5.74, 6) is 0.478. The molecule has 1 amide bonds. The van der Waals surface area contributed by atoms with Gasteiger partial charge in [-0.2, -0.15) is 0 Å². The molecule has 2 aromatic carbocycles. The highest BCUT2D eigenvalue weighted by molar-refractivity contribution is 6.33. The molecular weight excluding hydrogens is 347 g/mol. The van der Waals surface area contributed by atoms with Crippen LogP contribution in [0.2, 0.25) is 10.0 Å². The van der Waals surface area contributed by atoms with Crippen LogP contribution in [0.3, 0.4) is 0 Å². The van der Waals surface area contributed by atoms with Crippen molar-refractivity contribution in [3.05, 3.63) is 58.1 Å². The zero-order valence-electron chi connectivity index (χ0n) is 13.3. The third kappa shape index (κ3) is 3.45. The first-order chi connectivity index (χ1) is 11.6. The smallest absolute Gasteiger partial charge is 0.257 e. The molecule has 6 heteroatoms. The summed E-state index contributed by atoms with van der Waals surface area (Å²) in [6.45, 7) is 2.72. The molecule has 0 aromatic heterocycles. The van der Waals surface area contributed by atoms with Crippen molar-refractivity contribution >= 4 is 34.8 Å². The van der Waals surface area contributed by atoms with Gasteiger partial charge in [0.1, 0.15) is 5.75 Å². The van der Waals surface area contributed by atoms with E-state index in [-0.39, 0.29) is 5.91 Å². The Balaban J connectivity index is 1.72. The first-order valence-electron chi connectivity index (χ1n) is 7.72. The van der Waals surface area contributed by atoms with Gasteiger partial charge in [-0.1, -0.05) is 35.3 Å². The van der Waals surface area contributed by atoms with Crippen LogP contribution < -0.4 is 9.64 Å². The summed E-state index contributed by atoms with van der Waals surface area (Å²) < 4.78 is 5.28. The Morgan fingerprint density at radius 2 is 1.75 bits per heavy atom. The number of halogens is 2. The van der Waals surface area contributed by atoms with E-state index in [4.69, 9.17) is 27.9 Å². The van der Waals surface area contributed by atoms with E-state index >= 15 is 0 Å². The van der Waals surface area contributed by atoms with Gasteiger partial charge in [0.2, 0.25) is 0 Å². The van der Waals surface area contributed by atoms with Crippen molar-refractivity contribution in [2.24, 2.45) is 0 Å². The molecule has 0 aliphatic carbocycles. The first kappa shape index (κ1) is 16.9. The van der Waals surface area contributed by atoms with E-state index in [1.807, 2.05) is 29.2 Å². The Hall–Kier alpha value is -1.91. The molecule has 1 aliphatic rings. The number of amides is 1. The molecule has 0 bridgehead atoms. The highest BCUT2D eigenvalue weighted by Crippen LogP contribution is 2.28. The Kier molecular flexibility index (Phi) is 5.17. The monoisotopic (exact) mass is 364 g/mol. The number of carbonyl (C=O) groups is 1. The van der Waals surface area contributed by atoms with Crippen molar-refractivity contribution in [3.63, 3.8) is 0 Å². The second-order valence-corrected chi connectivity index (χ2v) is 6.42. The van der Waals surface area contributed by atoms with Gasteiger partial charge in [-0.3, -0.25) is 4.79 Å². The SMILES string of the molecule is COc1ccc(Cl)cc1C(=O)N1CCN(c2ccccc2Cl)CC1. The summed E-state index contributed by atoms with van der Waals surface area (Å²) in [5, 5.41) is 1.25. The van der Waals surface area contributed by atoms with Crippen LogP contribution >= 0.6 is 23.2 Å². The average molecular weight is 365 g/mol. The second kappa shape index (κ2) is 7.32. The molecule has 1 saturated heterocycles. The lowest BCUT2D eigenvalue weighted by Gasteiger charge is -2.36. The van der Waals surface area contributed by atoms with Crippen LogP contribution in [0.25, 0.3) is 0 Å². The molecule has 4 nitrogen and oxygen atoms in total. The molecule has 1 heterocycles. The number of ether oxygens (including phenoxy) is 1. The Morgan fingerprint density at radius 3 is 2.42 bits per heavy atom. The number of piperazine rings is 1. The summed E-state index contributed by atoms with van der Waals surface area (Å²) >= 11 is 12.3. The largest absolute Gasteiger partial charge is 0.496 e. The lowest BCUT2D eigenvalue weighted by atomic mass is 10.1. The van der Waals surface area contributed by atoms with E-state index in [0.717, 1.165) is 23.8 Å². The van der Waals surface area contributed by atoms with E-state index < -0.39 is 0 Å². The Labute approximate surface area is 151 Å². The van der Waals surface area contributed by atoms with Crippen LogP contribution in [0.1, 0.15) is 10.4 Å². The predicted octanol–water partition coefficient (Wildman–Crippen LogP) is 3.96.